The van der Waals surface area contributed by atoms with E-state index in [1.165, 1.54) is 0 Å². The standard InChI is InChI=1S/C13H12ClN5/c1-18-13(15)6-12(17-18)9-2-4-11(5-3-9)19-8-10(14)7-16-19/h2-8H,15H2,1H3. The molecule has 5 nitrogen and oxygen atoms in total. The van der Waals surface area contributed by atoms with Crippen LogP contribution in [0.15, 0.2) is 42.7 Å². The molecular formula is C13H12ClN5. The SMILES string of the molecule is Cn1nc(-c2ccc(-n3cc(Cl)cn3)cc2)cc1N. The number of aryl methyl sites for hydroxylation is 1. The lowest BCUT2D eigenvalue weighted by Gasteiger charge is -2.02. The molecule has 0 saturated heterocycles. The summed E-state index contributed by atoms with van der Waals surface area (Å²) in [5, 5.41) is 9.10. The van der Waals surface area contributed by atoms with Gasteiger partial charge in [0.05, 0.1) is 22.6 Å². The normalized spacial score (nSPS) is 10.8. The van der Waals surface area contributed by atoms with Gasteiger partial charge in [0.1, 0.15) is 5.82 Å². The average Bonchev–Trinajstić information content (AvgIpc) is 2.97. The molecule has 3 aromatic rings. The Bertz CT molecular complexity index is 691. The van der Waals surface area contributed by atoms with Gasteiger partial charge < -0.3 is 5.73 Å². The highest BCUT2D eigenvalue weighted by molar-refractivity contribution is 6.30. The quantitative estimate of drug-likeness (QED) is 0.780. The summed E-state index contributed by atoms with van der Waals surface area (Å²) >= 11 is 5.85. The number of hydrogen-bond donors (Lipinski definition) is 1. The summed E-state index contributed by atoms with van der Waals surface area (Å²) in [6.07, 6.45) is 3.37. The molecule has 0 saturated carbocycles. The molecule has 0 aliphatic rings. The summed E-state index contributed by atoms with van der Waals surface area (Å²) in [5.41, 5.74) is 8.58. The second-order valence-corrected chi connectivity index (χ2v) is 4.66. The van der Waals surface area contributed by atoms with Gasteiger partial charge in [0.15, 0.2) is 0 Å². The van der Waals surface area contributed by atoms with Crippen molar-refractivity contribution >= 4 is 17.4 Å². The van der Waals surface area contributed by atoms with Crippen molar-refractivity contribution in [3.05, 3.63) is 47.7 Å². The van der Waals surface area contributed by atoms with Crippen molar-refractivity contribution in [1.29, 1.82) is 0 Å². The van der Waals surface area contributed by atoms with Gasteiger partial charge in [-0.15, -0.1) is 0 Å². The van der Waals surface area contributed by atoms with Gasteiger partial charge in [-0.3, -0.25) is 4.68 Å². The van der Waals surface area contributed by atoms with Crippen LogP contribution in [0.4, 0.5) is 5.82 Å². The Kier molecular flexibility index (Phi) is 2.76. The van der Waals surface area contributed by atoms with Crippen LogP contribution >= 0.6 is 11.6 Å². The van der Waals surface area contributed by atoms with E-state index in [1.54, 1.807) is 21.8 Å². The largest absolute Gasteiger partial charge is 0.384 e. The van der Waals surface area contributed by atoms with E-state index in [2.05, 4.69) is 10.2 Å². The third kappa shape index (κ3) is 2.20. The zero-order valence-corrected chi connectivity index (χ0v) is 11.0. The van der Waals surface area contributed by atoms with E-state index in [9.17, 15) is 0 Å². The van der Waals surface area contributed by atoms with Crippen molar-refractivity contribution in [2.24, 2.45) is 7.05 Å². The van der Waals surface area contributed by atoms with Crippen LogP contribution in [0.25, 0.3) is 16.9 Å². The molecule has 0 radical (unpaired) electrons. The third-order valence-corrected chi connectivity index (χ3v) is 3.09. The second-order valence-electron chi connectivity index (χ2n) is 4.23. The third-order valence-electron chi connectivity index (χ3n) is 2.89. The molecule has 0 atom stereocenters. The Labute approximate surface area is 115 Å². The van der Waals surface area contributed by atoms with E-state index in [1.807, 2.05) is 37.4 Å². The number of nitrogens with two attached hydrogens (primary N) is 1. The van der Waals surface area contributed by atoms with Gasteiger partial charge in [-0.25, -0.2) is 4.68 Å². The lowest BCUT2D eigenvalue weighted by atomic mass is 10.1. The van der Waals surface area contributed by atoms with E-state index in [0.717, 1.165) is 16.9 Å². The number of aromatic nitrogens is 4. The Balaban J connectivity index is 1.94. The first kappa shape index (κ1) is 11.8. The second kappa shape index (κ2) is 4.44. The van der Waals surface area contributed by atoms with Crippen molar-refractivity contribution in [2.75, 3.05) is 5.73 Å². The number of anilines is 1. The highest BCUT2D eigenvalue weighted by Gasteiger charge is 2.05. The summed E-state index contributed by atoms with van der Waals surface area (Å²) in [6.45, 7) is 0. The van der Waals surface area contributed by atoms with Crippen LogP contribution in [-0.2, 0) is 7.05 Å². The van der Waals surface area contributed by atoms with Gasteiger partial charge in [0.2, 0.25) is 0 Å². The van der Waals surface area contributed by atoms with Gasteiger partial charge in [0, 0.05) is 24.9 Å². The fraction of sp³-hybridized carbons (Fsp3) is 0.0769. The molecule has 19 heavy (non-hydrogen) atoms. The van der Waals surface area contributed by atoms with Crippen LogP contribution in [0.2, 0.25) is 5.02 Å². The fourth-order valence-electron chi connectivity index (χ4n) is 1.85. The number of hydrogen-bond acceptors (Lipinski definition) is 3. The molecule has 1 aromatic carbocycles. The summed E-state index contributed by atoms with van der Waals surface area (Å²) < 4.78 is 3.37. The molecule has 6 heteroatoms. The van der Waals surface area contributed by atoms with Crippen LogP contribution in [0.1, 0.15) is 0 Å². The molecule has 2 aromatic heterocycles. The molecule has 2 heterocycles. The molecule has 0 spiro atoms. The molecular weight excluding hydrogens is 262 g/mol. The van der Waals surface area contributed by atoms with Crippen LogP contribution in [0.3, 0.4) is 0 Å². The van der Waals surface area contributed by atoms with E-state index >= 15 is 0 Å². The summed E-state index contributed by atoms with van der Waals surface area (Å²) in [4.78, 5) is 0. The average molecular weight is 274 g/mol. The molecule has 0 bridgehead atoms. The van der Waals surface area contributed by atoms with Crippen molar-refractivity contribution < 1.29 is 0 Å². The van der Waals surface area contributed by atoms with Gasteiger partial charge >= 0.3 is 0 Å². The van der Waals surface area contributed by atoms with Crippen LogP contribution in [0.5, 0.6) is 0 Å². The smallest absolute Gasteiger partial charge is 0.121 e. The van der Waals surface area contributed by atoms with E-state index in [-0.39, 0.29) is 0 Å². The first-order valence-electron chi connectivity index (χ1n) is 5.74. The topological polar surface area (TPSA) is 61.7 Å². The lowest BCUT2D eigenvalue weighted by molar-refractivity contribution is 0.782. The summed E-state index contributed by atoms with van der Waals surface area (Å²) in [6, 6.07) is 9.73. The zero-order chi connectivity index (χ0) is 13.4. The van der Waals surface area contributed by atoms with Crippen LogP contribution in [-0.4, -0.2) is 19.6 Å². The minimum atomic E-state index is 0.613. The number of rotatable bonds is 2. The van der Waals surface area contributed by atoms with Crippen molar-refractivity contribution in [2.45, 2.75) is 0 Å². The number of benzene rings is 1. The molecule has 0 amide bonds. The van der Waals surface area contributed by atoms with E-state index < -0.39 is 0 Å². The van der Waals surface area contributed by atoms with E-state index in [0.29, 0.717) is 10.8 Å². The van der Waals surface area contributed by atoms with Gasteiger partial charge in [-0.1, -0.05) is 23.7 Å². The first-order valence-corrected chi connectivity index (χ1v) is 6.12. The van der Waals surface area contributed by atoms with Gasteiger partial charge in [-0.2, -0.15) is 10.2 Å². The van der Waals surface area contributed by atoms with Crippen LogP contribution < -0.4 is 5.73 Å². The summed E-state index contributed by atoms with van der Waals surface area (Å²) in [5.74, 6) is 0.637. The molecule has 0 fully saturated rings. The van der Waals surface area contributed by atoms with Gasteiger partial charge in [-0.05, 0) is 12.1 Å². The highest BCUT2D eigenvalue weighted by atomic mass is 35.5. The van der Waals surface area contributed by atoms with Gasteiger partial charge in [0.25, 0.3) is 0 Å². The van der Waals surface area contributed by atoms with Crippen molar-refractivity contribution in [3.63, 3.8) is 0 Å². The Hall–Kier alpha value is -2.27. The molecule has 0 aliphatic carbocycles. The zero-order valence-electron chi connectivity index (χ0n) is 10.3. The maximum Gasteiger partial charge on any atom is 0.121 e. The lowest BCUT2D eigenvalue weighted by Crippen LogP contribution is -1.96. The minimum Gasteiger partial charge on any atom is -0.384 e. The Morgan fingerprint density at radius 3 is 2.47 bits per heavy atom. The van der Waals surface area contributed by atoms with Crippen molar-refractivity contribution in [1.82, 2.24) is 19.6 Å². The predicted molar refractivity (Wildman–Crippen MR) is 75.2 cm³/mol. The molecule has 0 unspecified atom stereocenters. The number of nitrogens with zero attached hydrogens (tertiary/aromatic N) is 4. The molecule has 96 valence electrons. The Morgan fingerprint density at radius 2 is 1.95 bits per heavy atom. The summed E-state index contributed by atoms with van der Waals surface area (Å²) in [7, 11) is 1.82. The molecule has 2 N–H and O–H groups in total. The number of halogens is 1. The minimum absolute atomic E-state index is 0.613. The monoisotopic (exact) mass is 273 g/mol. The number of nitrogen functional groups attached to an aromatic ring is 1. The van der Waals surface area contributed by atoms with E-state index in [4.69, 9.17) is 17.3 Å². The maximum atomic E-state index is 5.85. The Morgan fingerprint density at radius 1 is 1.21 bits per heavy atom. The first-order chi connectivity index (χ1) is 9.13. The highest BCUT2D eigenvalue weighted by Crippen LogP contribution is 2.21. The van der Waals surface area contributed by atoms with Crippen LogP contribution in [0, 0.1) is 0 Å². The maximum absolute atomic E-state index is 5.85. The molecule has 0 aliphatic heterocycles. The predicted octanol–water partition coefficient (Wildman–Crippen LogP) is 2.51. The fourth-order valence-corrected chi connectivity index (χ4v) is 1.99. The molecule has 3 rings (SSSR count). The van der Waals surface area contributed by atoms with Crippen molar-refractivity contribution in [3.8, 4) is 16.9 Å².